The van der Waals surface area contributed by atoms with Gasteiger partial charge >= 0.3 is 0 Å². The first-order chi connectivity index (χ1) is 9.13. The highest BCUT2D eigenvalue weighted by Gasteiger charge is 2.21. The van der Waals surface area contributed by atoms with Crippen molar-refractivity contribution in [2.24, 2.45) is 12.1 Å². The van der Waals surface area contributed by atoms with Gasteiger partial charge in [0, 0.05) is 18.1 Å². The lowest BCUT2D eigenvalue weighted by Gasteiger charge is -2.04. The molecule has 0 atom stereocenters. The molecule has 19 heavy (non-hydrogen) atoms. The molecule has 3 rings (SSSR count). The predicted molar refractivity (Wildman–Crippen MR) is 69.5 cm³/mol. The summed E-state index contributed by atoms with van der Waals surface area (Å²) in [5, 5.41) is 11.5. The molecule has 0 saturated heterocycles. The van der Waals surface area contributed by atoms with Crippen LogP contribution in [0.2, 0.25) is 0 Å². The summed E-state index contributed by atoms with van der Waals surface area (Å²) < 4.78 is 1.73. The molecule has 2 heterocycles. The molecule has 1 aliphatic rings. The molecule has 0 aliphatic carbocycles. The molecule has 0 saturated carbocycles. The van der Waals surface area contributed by atoms with Crippen molar-refractivity contribution in [2.45, 2.75) is 6.42 Å². The minimum Gasteiger partial charge on any atom is -0.321 e. The lowest BCUT2D eigenvalue weighted by Crippen LogP contribution is -2.22. The SMILES string of the molecule is Cn1ncc2ccc(NC(=O)C3=NNC(=O)C3)cc21. The molecular weight excluding hydrogens is 246 g/mol. The Hall–Kier alpha value is -2.70. The minimum absolute atomic E-state index is 0.0137. The molecule has 1 aromatic heterocycles. The monoisotopic (exact) mass is 257 g/mol. The number of rotatable bonds is 2. The Morgan fingerprint density at radius 2 is 2.32 bits per heavy atom. The van der Waals surface area contributed by atoms with E-state index in [2.05, 4.69) is 20.9 Å². The van der Waals surface area contributed by atoms with Crippen molar-refractivity contribution in [1.82, 2.24) is 15.2 Å². The number of hydrogen-bond acceptors (Lipinski definition) is 4. The Morgan fingerprint density at radius 3 is 3.05 bits per heavy atom. The van der Waals surface area contributed by atoms with Gasteiger partial charge in [0.1, 0.15) is 5.71 Å². The highest BCUT2D eigenvalue weighted by atomic mass is 16.2. The van der Waals surface area contributed by atoms with Crippen LogP contribution in [0.3, 0.4) is 0 Å². The minimum atomic E-state index is -0.375. The van der Waals surface area contributed by atoms with Gasteiger partial charge in [0.05, 0.1) is 18.1 Å². The molecule has 0 unspecified atom stereocenters. The van der Waals surface area contributed by atoms with Crippen molar-refractivity contribution < 1.29 is 9.59 Å². The number of hydrogen-bond donors (Lipinski definition) is 2. The lowest BCUT2D eigenvalue weighted by atomic mass is 10.2. The zero-order valence-electron chi connectivity index (χ0n) is 10.2. The van der Waals surface area contributed by atoms with Crippen LogP contribution in [0.25, 0.3) is 10.9 Å². The number of anilines is 1. The average molecular weight is 257 g/mol. The third-order valence-electron chi connectivity index (χ3n) is 2.91. The van der Waals surface area contributed by atoms with Gasteiger partial charge < -0.3 is 5.32 Å². The number of fused-ring (bicyclic) bond motifs is 1. The number of benzene rings is 1. The molecular formula is C12H11N5O2. The standard InChI is InChI=1S/C12H11N5O2/c1-17-10-4-8(3-2-7(10)6-13-17)14-12(19)9-5-11(18)16-15-9/h2-4,6H,5H2,1H3,(H,14,19)(H,16,18). The van der Waals surface area contributed by atoms with Gasteiger partial charge in [-0.25, -0.2) is 5.43 Å². The van der Waals surface area contributed by atoms with Gasteiger partial charge in [0.25, 0.3) is 5.91 Å². The quantitative estimate of drug-likeness (QED) is 0.815. The third-order valence-corrected chi connectivity index (χ3v) is 2.91. The molecule has 0 spiro atoms. The number of carbonyl (C=O) groups is 2. The fourth-order valence-corrected chi connectivity index (χ4v) is 1.92. The molecule has 0 bridgehead atoms. The summed E-state index contributed by atoms with van der Waals surface area (Å²) in [5.74, 6) is -0.646. The van der Waals surface area contributed by atoms with E-state index in [1.54, 1.807) is 16.9 Å². The summed E-state index contributed by atoms with van der Waals surface area (Å²) in [7, 11) is 1.83. The number of hydrazone groups is 1. The first kappa shape index (κ1) is 11.4. The Morgan fingerprint density at radius 1 is 1.47 bits per heavy atom. The van der Waals surface area contributed by atoms with Gasteiger partial charge in [-0.3, -0.25) is 14.3 Å². The molecule has 2 N–H and O–H groups in total. The molecule has 7 heteroatoms. The maximum absolute atomic E-state index is 11.9. The number of nitrogens with one attached hydrogen (secondary N) is 2. The molecule has 96 valence electrons. The van der Waals surface area contributed by atoms with Crippen LogP contribution in [-0.4, -0.2) is 27.3 Å². The average Bonchev–Trinajstić information content (AvgIpc) is 2.97. The Balaban J connectivity index is 1.83. The molecule has 2 amide bonds. The number of carbonyl (C=O) groups excluding carboxylic acids is 2. The Bertz CT molecular complexity index is 716. The van der Waals surface area contributed by atoms with Crippen LogP contribution in [0.5, 0.6) is 0 Å². The van der Waals surface area contributed by atoms with Crippen molar-refractivity contribution >= 4 is 34.1 Å². The maximum atomic E-state index is 11.9. The zero-order chi connectivity index (χ0) is 13.4. The molecule has 2 aromatic rings. The van der Waals surface area contributed by atoms with E-state index in [0.29, 0.717) is 5.69 Å². The fourth-order valence-electron chi connectivity index (χ4n) is 1.92. The smallest absolute Gasteiger partial charge is 0.272 e. The van der Waals surface area contributed by atoms with Crippen LogP contribution in [0.1, 0.15) is 6.42 Å². The predicted octanol–water partition coefficient (Wildman–Crippen LogP) is 0.388. The first-order valence-electron chi connectivity index (χ1n) is 5.72. The van der Waals surface area contributed by atoms with Crippen molar-refractivity contribution in [3.05, 3.63) is 24.4 Å². The number of aryl methyl sites for hydroxylation is 1. The summed E-state index contributed by atoms with van der Waals surface area (Å²) in [5.41, 5.74) is 3.99. The second kappa shape index (κ2) is 4.20. The topological polar surface area (TPSA) is 88.4 Å². The number of nitrogens with zero attached hydrogens (tertiary/aromatic N) is 3. The molecule has 7 nitrogen and oxygen atoms in total. The summed E-state index contributed by atoms with van der Waals surface area (Å²) >= 11 is 0. The van der Waals surface area contributed by atoms with E-state index in [1.165, 1.54) is 0 Å². The first-order valence-corrected chi connectivity index (χ1v) is 5.72. The fraction of sp³-hybridized carbons (Fsp3) is 0.167. The number of amides is 2. The van der Waals surface area contributed by atoms with E-state index in [4.69, 9.17) is 0 Å². The van der Waals surface area contributed by atoms with E-state index >= 15 is 0 Å². The normalized spacial score (nSPS) is 14.4. The molecule has 0 fully saturated rings. The largest absolute Gasteiger partial charge is 0.321 e. The molecule has 1 aliphatic heterocycles. The van der Waals surface area contributed by atoms with E-state index in [-0.39, 0.29) is 23.9 Å². The maximum Gasteiger partial charge on any atom is 0.272 e. The third kappa shape index (κ3) is 2.05. The second-order valence-electron chi connectivity index (χ2n) is 4.27. The summed E-state index contributed by atoms with van der Waals surface area (Å²) in [6.45, 7) is 0. The molecule has 1 aromatic carbocycles. The highest BCUT2D eigenvalue weighted by Crippen LogP contribution is 2.18. The van der Waals surface area contributed by atoms with Gasteiger partial charge in [-0.1, -0.05) is 0 Å². The van der Waals surface area contributed by atoms with E-state index in [1.807, 2.05) is 19.2 Å². The summed E-state index contributed by atoms with van der Waals surface area (Å²) in [4.78, 5) is 22.8. The van der Waals surface area contributed by atoms with Gasteiger partial charge in [0.2, 0.25) is 5.91 Å². The van der Waals surface area contributed by atoms with Gasteiger partial charge in [-0.2, -0.15) is 10.2 Å². The van der Waals surface area contributed by atoms with Crippen LogP contribution in [-0.2, 0) is 16.6 Å². The van der Waals surface area contributed by atoms with Gasteiger partial charge in [-0.15, -0.1) is 0 Å². The highest BCUT2D eigenvalue weighted by molar-refractivity contribution is 6.46. The van der Waals surface area contributed by atoms with Gasteiger partial charge in [-0.05, 0) is 18.2 Å². The van der Waals surface area contributed by atoms with Crippen molar-refractivity contribution in [3.63, 3.8) is 0 Å². The molecule has 0 radical (unpaired) electrons. The lowest BCUT2D eigenvalue weighted by molar-refractivity contribution is -0.119. The van der Waals surface area contributed by atoms with Crippen molar-refractivity contribution in [1.29, 1.82) is 0 Å². The Labute approximate surface area is 108 Å². The van der Waals surface area contributed by atoms with Crippen LogP contribution < -0.4 is 10.7 Å². The number of aromatic nitrogens is 2. The summed E-state index contributed by atoms with van der Waals surface area (Å²) in [6, 6.07) is 5.48. The van der Waals surface area contributed by atoms with Crippen LogP contribution in [0.4, 0.5) is 5.69 Å². The van der Waals surface area contributed by atoms with Crippen molar-refractivity contribution in [3.8, 4) is 0 Å². The van der Waals surface area contributed by atoms with Crippen molar-refractivity contribution in [2.75, 3.05) is 5.32 Å². The zero-order valence-corrected chi connectivity index (χ0v) is 10.2. The van der Waals surface area contributed by atoms with Crippen LogP contribution in [0.15, 0.2) is 29.5 Å². The summed E-state index contributed by atoms with van der Waals surface area (Å²) in [6.07, 6.45) is 1.77. The Kier molecular flexibility index (Phi) is 2.52. The second-order valence-corrected chi connectivity index (χ2v) is 4.27. The van der Waals surface area contributed by atoms with E-state index < -0.39 is 0 Å². The van der Waals surface area contributed by atoms with E-state index in [9.17, 15) is 9.59 Å². The van der Waals surface area contributed by atoms with Gasteiger partial charge in [0.15, 0.2) is 0 Å². The van der Waals surface area contributed by atoms with Crippen LogP contribution >= 0.6 is 0 Å². The van der Waals surface area contributed by atoms with Crippen LogP contribution in [0, 0.1) is 0 Å². The van der Waals surface area contributed by atoms with E-state index in [0.717, 1.165) is 10.9 Å².